The van der Waals surface area contributed by atoms with Crippen molar-refractivity contribution in [1.82, 2.24) is 5.73 Å². The SMILES string of the molecule is [NH]c1ccc(Cc2ccccc2)cc1. The minimum Gasteiger partial charge on any atom is -0.301 e. The lowest BCUT2D eigenvalue weighted by molar-refractivity contribution is 1.19. The van der Waals surface area contributed by atoms with Crippen LogP contribution in [0.3, 0.4) is 0 Å². The van der Waals surface area contributed by atoms with Crippen LogP contribution in [0.2, 0.25) is 0 Å². The molecule has 0 aromatic heterocycles. The van der Waals surface area contributed by atoms with E-state index in [1.165, 1.54) is 11.1 Å². The van der Waals surface area contributed by atoms with Crippen molar-refractivity contribution in [3.05, 3.63) is 65.7 Å². The van der Waals surface area contributed by atoms with E-state index >= 15 is 0 Å². The van der Waals surface area contributed by atoms with Crippen molar-refractivity contribution in [1.29, 1.82) is 0 Å². The molecule has 0 heterocycles. The third-order valence-corrected chi connectivity index (χ3v) is 2.21. The van der Waals surface area contributed by atoms with E-state index < -0.39 is 0 Å². The molecule has 0 amide bonds. The van der Waals surface area contributed by atoms with E-state index in [0.717, 1.165) is 6.42 Å². The second-order valence-corrected chi connectivity index (χ2v) is 3.36. The molecular formula is C13H12N. The highest BCUT2D eigenvalue weighted by atomic mass is 14.5. The molecule has 2 aromatic carbocycles. The summed E-state index contributed by atoms with van der Waals surface area (Å²) in [6.07, 6.45) is 0.946. The Morgan fingerprint density at radius 3 is 1.93 bits per heavy atom. The van der Waals surface area contributed by atoms with Gasteiger partial charge in [0.15, 0.2) is 0 Å². The fraction of sp³-hybridized carbons (Fsp3) is 0.0769. The molecule has 0 atom stereocenters. The van der Waals surface area contributed by atoms with E-state index in [0.29, 0.717) is 5.69 Å². The summed E-state index contributed by atoms with van der Waals surface area (Å²) in [5.74, 6) is 0. The summed E-state index contributed by atoms with van der Waals surface area (Å²) in [5, 5.41) is 0. The molecule has 14 heavy (non-hydrogen) atoms. The Morgan fingerprint density at radius 1 is 0.714 bits per heavy atom. The highest BCUT2D eigenvalue weighted by Gasteiger charge is 1.94. The van der Waals surface area contributed by atoms with Crippen LogP contribution in [-0.4, -0.2) is 0 Å². The van der Waals surface area contributed by atoms with Crippen molar-refractivity contribution in [3.8, 4) is 0 Å². The number of rotatable bonds is 2. The van der Waals surface area contributed by atoms with Gasteiger partial charge in [-0.1, -0.05) is 42.5 Å². The first kappa shape index (κ1) is 8.82. The van der Waals surface area contributed by atoms with Crippen molar-refractivity contribution in [2.24, 2.45) is 0 Å². The van der Waals surface area contributed by atoms with E-state index in [9.17, 15) is 0 Å². The van der Waals surface area contributed by atoms with E-state index in [1.54, 1.807) is 0 Å². The van der Waals surface area contributed by atoms with Gasteiger partial charge in [-0.2, -0.15) is 0 Å². The summed E-state index contributed by atoms with van der Waals surface area (Å²) in [5.41, 5.74) is 10.5. The van der Waals surface area contributed by atoms with Crippen LogP contribution >= 0.6 is 0 Å². The minimum atomic E-state index is 0.571. The Labute approximate surface area is 84.2 Å². The molecule has 1 radical (unpaired) electrons. The number of nitrogens with one attached hydrogen (secondary N) is 1. The second kappa shape index (κ2) is 3.97. The van der Waals surface area contributed by atoms with Crippen LogP contribution < -0.4 is 5.73 Å². The Kier molecular flexibility index (Phi) is 2.50. The van der Waals surface area contributed by atoms with Gasteiger partial charge < -0.3 is 5.73 Å². The van der Waals surface area contributed by atoms with Crippen LogP contribution in [0, 0.1) is 0 Å². The average Bonchev–Trinajstić information content (AvgIpc) is 2.23. The molecule has 0 bridgehead atoms. The molecule has 2 rings (SSSR count). The Morgan fingerprint density at radius 2 is 1.29 bits per heavy atom. The second-order valence-electron chi connectivity index (χ2n) is 3.36. The van der Waals surface area contributed by atoms with E-state index in [2.05, 4.69) is 12.1 Å². The molecule has 0 spiro atoms. The zero-order chi connectivity index (χ0) is 9.80. The first-order chi connectivity index (χ1) is 6.84. The number of benzene rings is 2. The van der Waals surface area contributed by atoms with Crippen LogP contribution in [-0.2, 0) is 6.42 Å². The smallest absolute Gasteiger partial charge is 0.0540 e. The summed E-state index contributed by atoms with van der Waals surface area (Å²) in [6.45, 7) is 0. The zero-order valence-corrected chi connectivity index (χ0v) is 7.90. The summed E-state index contributed by atoms with van der Waals surface area (Å²) in [6, 6.07) is 18.0. The van der Waals surface area contributed by atoms with Crippen LogP contribution in [0.15, 0.2) is 54.6 Å². The zero-order valence-electron chi connectivity index (χ0n) is 7.90. The van der Waals surface area contributed by atoms with Crippen molar-refractivity contribution in [2.45, 2.75) is 6.42 Å². The van der Waals surface area contributed by atoms with E-state index in [4.69, 9.17) is 5.73 Å². The fourth-order valence-electron chi connectivity index (χ4n) is 1.45. The van der Waals surface area contributed by atoms with Gasteiger partial charge in [0.25, 0.3) is 0 Å². The number of hydrogen-bond donors (Lipinski definition) is 0. The molecule has 69 valence electrons. The van der Waals surface area contributed by atoms with Gasteiger partial charge in [0.2, 0.25) is 0 Å². The maximum atomic E-state index is 7.37. The van der Waals surface area contributed by atoms with E-state index in [1.807, 2.05) is 42.5 Å². The molecule has 0 saturated carbocycles. The molecule has 0 fully saturated rings. The maximum Gasteiger partial charge on any atom is 0.0540 e. The summed E-state index contributed by atoms with van der Waals surface area (Å²) < 4.78 is 0. The largest absolute Gasteiger partial charge is 0.301 e. The topological polar surface area (TPSA) is 23.8 Å². The summed E-state index contributed by atoms with van der Waals surface area (Å²) in [7, 11) is 0. The first-order valence-electron chi connectivity index (χ1n) is 4.69. The Hall–Kier alpha value is -1.76. The third kappa shape index (κ3) is 2.13. The fourth-order valence-corrected chi connectivity index (χ4v) is 1.45. The quantitative estimate of drug-likeness (QED) is 0.681. The lowest BCUT2D eigenvalue weighted by Gasteiger charge is -2.01. The van der Waals surface area contributed by atoms with Gasteiger partial charge >= 0.3 is 0 Å². The van der Waals surface area contributed by atoms with Crippen LogP contribution in [0.5, 0.6) is 0 Å². The van der Waals surface area contributed by atoms with E-state index in [-0.39, 0.29) is 0 Å². The lowest BCUT2D eigenvalue weighted by atomic mass is 10.1. The molecule has 0 saturated heterocycles. The lowest BCUT2D eigenvalue weighted by Crippen LogP contribution is -1.86. The van der Waals surface area contributed by atoms with Gasteiger partial charge in [-0.25, -0.2) is 0 Å². The maximum absolute atomic E-state index is 7.37. The highest BCUT2D eigenvalue weighted by Crippen LogP contribution is 2.11. The molecule has 1 nitrogen and oxygen atoms in total. The van der Waals surface area contributed by atoms with Crippen LogP contribution in [0.25, 0.3) is 0 Å². The minimum absolute atomic E-state index is 0.571. The predicted molar refractivity (Wildman–Crippen MR) is 58.4 cm³/mol. The Balaban J connectivity index is 2.16. The van der Waals surface area contributed by atoms with Crippen molar-refractivity contribution >= 4 is 5.69 Å². The first-order valence-corrected chi connectivity index (χ1v) is 4.69. The molecule has 2 aromatic rings. The average molecular weight is 182 g/mol. The predicted octanol–water partition coefficient (Wildman–Crippen LogP) is 3.19. The molecule has 1 N–H and O–H groups in total. The molecule has 0 unspecified atom stereocenters. The van der Waals surface area contributed by atoms with Crippen LogP contribution in [0.4, 0.5) is 5.69 Å². The monoisotopic (exact) mass is 182 g/mol. The van der Waals surface area contributed by atoms with Gasteiger partial charge in [0.05, 0.1) is 5.69 Å². The normalized spacial score (nSPS) is 10.0. The van der Waals surface area contributed by atoms with Gasteiger partial charge in [-0.05, 0) is 29.7 Å². The van der Waals surface area contributed by atoms with Gasteiger partial charge in [-0.3, -0.25) is 0 Å². The molecule has 0 aliphatic heterocycles. The van der Waals surface area contributed by atoms with Gasteiger partial charge in [-0.15, -0.1) is 0 Å². The van der Waals surface area contributed by atoms with Crippen LogP contribution in [0.1, 0.15) is 11.1 Å². The van der Waals surface area contributed by atoms with Gasteiger partial charge in [0, 0.05) is 0 Å². The number of hydrogen-bond acceptors (Lipinski definition) is 0. The van der Waals surface area contributed by atoms with Crippen molar-refractivity contribution in [2.75, 3.05) is 0 Å². The standard InChI is InChI=1S/C13H12N/c14-13-8-6-12(7-9-13)10-11-4-2-1-3-5-11/h1-9,14H,10H2. The molecule has 1 heteroatoms. The summed E-state index contributed by atoms with van der Waals surface area (Å²) >= 11 is 0. The van der Waals surface area contributed by atoms with Crippen molar-refractivity contribution in [3.63, 3.8) is 0 Å². The van der Waals surface area contributed by atoms with Crippen molar-refractivity contribution < 1.29 is 0 Å². The highest BCUT2D eigenvalue weighted by molar-refractivity contribution is 5.37. The molecule has 0 aliphatic rings. The summed E-state index contributed by atoms with van der Waals surface area (Å²) in [4.78, 5) is 0. The molecule has 0 aliphatic carbocycles. The Bertz CT molecular complexity index is 389. The molecular weight excluding hydrogens is 170 g/mol. The third-order valence-electron chi connectivity index (χ3n) is 2.21. The van der Waals surface area contributed by atoms with Gasteiger partial charge in [0.1, 0.15) is 0 Å².